The molecular weight excluding hydrogens is 403 g/mol. The summed E-state index contributed by atoms with van der Waals surface area (Å²) >= 11 is 0. The lowest BCUT2D eigenvalue weighted by Gasteiger charge is -2.11. The Hall–Kier alpha value is -3.44. The van der Waals surface area contributed by atoms with E-state index in [2.05, 4.69) is 20.1 Å². The molecule has 0 unspecified atom stereocenters. The van der Waals surface area contributed by atoms with Gasteiger partial charge in [0.1, 0.15) is 5.69 Å². The number of fused-ring (bicyclic) bond motifs is 1. The molecule has 0 aliphatic heterocycles. The van der Waals surface area contributed by atoms with Gasteiger partial charge in [-0.25, -0.2) is 9.50 Å². The fourth-order valence-electron chi connectivity index (χ4n) is 2.55. The second-order valence-corrected chi connectivity index (χ2v) is 5.78. The molecule has 3 aromatic rings. The predicted molar refractivity (Wildman–Crippen MR) is 90.3 cm³/mol. The Morgan fingerprint density at radius 1 is 1.17 bits per heavy atom. The SMILES string of the molecule is COc1cc(NC(=O)c2cc3nc(C)cc(C(F)(F)F)n3n2)ccc1OC(F)F. The lowest BCUT2D eigenvalue weighted by atomic mass is 10.2. The highest BCUT2D eigenvalue weighted by atomic mass is 19.4. The van der Waals surface area contributed by atoms with Crippen molar-refractivity contribution >= 4 is 17.2 Å². The van der Waals surface area contributed by atoms with Crippen LogP contribution in [-0.2, 0) is 6.18 Å². The molecule has 29 heavy (non-hydrogen) atoms. The predicted octanol–water partition coefficient (Wildman–Crippen LogP) is 3.92. The summed E-state index contributed by atoms with van der Waals surface area (Å²) in [7, 11) is 1.22. The second kappa shape index (κ2) is 7.53. The number of aryl methyl sites for hydroxylation is 1. The van der Waals surface area contributed by atoms with Crippen molar-refractivity contribution in [3.8, 4) is 11.5 Å². The number of ether oxygens (including phenoxy) is 2. The first kappa shape index (κ1) is 20.3. The summed E-state index contributed by atoms with van der Waals surface area (Å²) in [4.78, 5) is 16.3. The lowest BCUT2D eigenvalue weighted by molar-refractivity contribution is -0.142. The van der Waals surface area contributed by atoms with Gasteiger partial charge >= 0.3 is 12.8 Å². The van der Waals surface area contributed by atoms with E-state index in [-0.39, 0.29) is 34.2 Å². The van der Waals surface area contributed by atoms with Crippen LogP contribution in [0.4, 0.5) is 27.6 Å². The third-order valence-corrected chi connectivity index (χ3v) is 3.72. The van der Waals surface area contributed by atoms with Gasteiger partial charge < -0.3 is 14.8 Å². The van der Waals surface area contributed by atoms with E-state index in [9.17, 15) is 26.7 Å². The number of carbonyl (C=O) groups is 1. The highest BCUT2D eigenvalue weighted by Crippen LogP contribution is 2.32. The molecule has 2 heterocycles. The maximum atomic E-state index is 13.2. The zero-order chi connectivity index (χ0) is 21.3. The Labute approximate surface area is 160 Å². The van der Waals surface area contributed by atoms with Crippen LogP contribution >= 0.6 is 0 Å². The Balaban J connectivity index is 1.91. The molecule has 0 radical (unpaired) electrons. The monoisotopic (exact) mass is 416 g/mol. The standard InChI is InChI=1S/C17H13F5N4O3/c1-8-5-13(17(20,21)22)26-14(23-8)7-10(25-26)15(27)24-9-3-4-11(29-16(18)19)12(6-9)28-2/h3-7,16H,1-2H3,(H,24,27). The van der Waals surface area contributed by atoms with Crippen molar-refractivity contribution in [2.45, 2.75) is 19.7 Å². The normalized spacial score (nSPS) is 11.7. The smallest absolute Gasteiger partial charge is 0.433 e. The highest BCUT2D eigenvalue weighted by Gasteiger charge is 2.35. The fraction of sp³-hybridized carbons (Fsp3) is 0.235. The molecule has 0 saturated heterocycles. The number of halogens is 5. The topological polar surface area (TPSA) is 77.8 Å². The number of benzene rings is 1. The molecule has 0 saturated carbocycles. The molecule has 0 aliphatic carbocycles. The van der Waals surface area contributed by atoms with E-state index in [1.165, 1.54) is 26.2 Å². The maximum absolute atomic E-state index is 13.2. The van der Waals surface area contributed by atoms with Crippen molar-refractivity contribution in [2.24, 2.45) is 0 Å². The van der Waals surface area contributed by atoms with E-state index in [0.29, 0.717) is 4.52 Å². The zero-order valence-electron chi connectivity index (χ0n) is 14.9. The van der Waals surface area contributed by atoms with Gasteiger partial charge in [-0.15, -0.1) is 0 Å². The first-order chi connectivity index (χ1) is 13.6. The minimum absolute atomic E-state index is 0.0743. The van der Waals surface area contributed by atoms with Crippen LogP contribution in [0.15, 0.2) is 30.3 Å². The minimum Gasteiger partial charge on any atom is -0.493 e. The summed E-state index contributed by atoms with van der Waals surface area (Å²) < 4.78 is 74.1. The van der Waals surface area contributed by atoms with Crippen LogP contribution in [0, 0.1) is 6.92 Å². The molecule has 0 atom stereocenters. The summed E-state index contributed by atoms with van der Waals surface area (Å²) in [6.07, 6.45) is -4.69. The molecule has 3 rings (SSSR count). The van der Waals surface area contributed by atoms with Crippen molar-refractivity contribution in [1.29, 1.82) is 0 Å². The van der Waals surface area contributed by atoms with Crippen molar-refractivity contribution in [3.05, 3.63) is 47.4 Å². The van der Waals surface area contributed by atoms with E-state index >= 15 is 0 Å². The summed E-state index contributed by atoms with van der Waals surface area (Å²) in [6.45, 7) is -1.68. The number of rotatable bonds is 5. The molecule has 0 aliphatic rings. The average molecular weight is 416 g/mol. The zero-order valence-corrected chi connectivity index (χ0v) is 14.9. The summed E-state index contributed by atoms with van der Waals surface area (Å²) in [5.41, 5.74) is -1.31. The van der Waals surface area contributed by atoms with E-state index in [4.69, 9.17) is 4.74 Å². The van der Waals surface area contributed by atoms with Crippen LogP contribution in [0.1, 0.15) is 21.9 Å². The third kappa shape index (κ3) is 4.36. The van der Waals surface area contributed by atoms with Gasteiger partial charge in [-0.1, -0.05) is 0 Å². The molecule has 154 valence electrons. The second-order valence-electron chi connectivity index (χ2n) is 5.78. The Morgan fingerprint density at radius 3 is 2.52 bits per heavy atom. The quantitative estimate of drug-likeness (QED) is 0.638. The number of carbonyl (C=O) groups excluding carboxylic acids is 1. The number of hydrogen-bond donors (Lipinski definition) is 1. The van der Waals surface area contributed by atoms with Crippen molar-refractivity contribution in [2.75, 3.05) is 12.4 Å². The van der Waals surface area contributed by atoms with Gasteiger partial charge in [-0.3, -0.25) is 4.79 Å². The number of amides is 1. The summed E-state index contributed by atoms with van der Waals surface area (Å²) in [5.74, 6) is -1.15. The highest BCUT2D eigenvalue weighted by molar-refractivity contribution is 6.03. The first-order valence-electron chi connectivity index (χ1n) is 7.97. The summed E-state index contributed by atoms with van der Waals surface area (Å²) in [6, 6.07) is 5.54. The lowest BCUT2D eigenvalue weighted by Crippen LogP contribution is -2.16. The first-order valence-corrected chi connectivity index (χ1v) is 7.97. The molecule has 12 heteroatoms. The largest absolute Gasteiger partial charge is 0.493 e. The number of methoxy groups -OCH3 is 1. The van der Waals surface area contributed by atoms with Crippen LogP contribution in [0.3, 0.4) is 0 Å². The van der Waals surface area contributed by atoms with Gasteiger partial charge in [0.25, 0.3) is 5.91 Å². The third-order valence-electron chi connectivity index (χ3n) is 3.72. The Bertz CT molecular complexity index is 1070. The van der Waals surface area contributed by atoms with Crippen molar-refractivity contribution in [3.63, 3.8) is 0 Å². The fourth-order valence-corrected chi connectivity index (χ4v) is 2.55. The van der Waals surface area contributed by atoms with Crippen LogP contribution < -0.4 is 14.8 Å². The molecule has 0 spiro atoms. The number of nitrogens with one attached hydrogen (secondary N) is 1. The minimum atomic E-state index is -4.69. The van der Waals surface area contributed by atoms with E-state index in [0.717, 1.165) is 18.2 Å². The van der Waals surface area contributed by atoms with E-state index in [1.54, 1.807) is 0 Å². The maximum Gasteiger partial charge on any atom is 0.433 e. The van der Waals surface area contributed by atoms with Gasteiger partial charge in [-0.2, -0.15) is 27.1 Å². The Kier molecular flexibility index (Phi) is 5.27. The number of alkyl halides is 5. The van der Waals surface area contributed by atoms with Gasteiger partial charge in [-0.05, 0) is 25.1 Å². The van der Waals surface area contributed by atoms with Gasteiger partial charge in [0.05, 0.1) is 7.11 Å². The average Bonchev–Trinajstić information content (AvgIpc) is 3.04. The molecule has 1 amide bonds. The Morgan fingerprint density at radius 2 is 1.90 bits per heavy atom. The molecule has 1 aromatic carbocycles. The molecule has 2 aromatic heterocycles. The number of aromatic nitrogens is 3. The van der Waals surface area contributed by atoms with Crippen molar-refractivity contribution < 1.29 is 36.2 Å². The van der Waals surface area contributed by atoms with Crippen LogP contribution in [0.25, 0.3) is 5.65 Å². The number of hydrogen-bond acceptors (Lipinski definition) is 5. The van der Waals surface area contributed by atoms with Gasteiger partial charge in [0, 0.05) is 23.5 Å². The van der Waals surface area contributed by atoms with E-state index < -0.39 is 24.4 Å². The molecular formula is C17H13F5N4O3. The van der Waals surface area contributed by atoms with Gasteiger partial charge in [0.2, 0.25) is 0 Å². The molecule has 0 bridgehead atoms. The number of nitrogens with zero attached hydrogens (tertiary/aromatic N) is 3. The molecule has 0 fully saturated rings. The molecule has 1 N–H and O–H groups in total. The van der Waals surface area contributed by atoms with Crippen LogP contribution in [-0.4, -0.2) is 34.2 Å². The molecule has 7 nitrogen and oxygen atoms in total. The van der Waals surface area contributed by atoms with Crippen LogP contribution in [0.5, 0.6) is 11.5 Å². The van der Waals surface area contributed by atoms with Crippen molar-refractivity contribution in [1.82, 2.24) is 14.6 Å². The van der Waals surface area contributed by atoms with E-state index in [1.807, 2.05) is 0 Å². The van der Waals surface area contributed by atoms with Gasteiger partial charge in [0.15, 0.2) is 22.8 Å². The summed E-state index contributed by atoms with van der Waals surface area (Å²) in [5, 5.41) is 6.08. The van der Waals surface area contributed by atoms with Crippen LogP contribution in [0.2, 0.25) is 0 Å². The number of anilines is 1.